The summed E-state index contributed by atoms with van der Waals surface area (Å²) in [7, 11) is 1.54. The van der Waals surface area contributed by atoms with E-state index in [0.29, 0.717) is 11.3 Å². The molecule has 18 heavy (non-hydrogen) atoms. The average Bonchev–Trinajstić information content (AvgIpc) is 2.42. The van der Waals surface area contributed by atoms with Gasteiger partial charge in [-0.25, -0.2) is 0 Å². The van der Waals surface area contributed by atoms with Crippen molar-refractivity contribution in [3.05, 3.63) is 59.7 Å². The summed E-state index contributed by atoms with van der Waals surface area (Å²) < 4.78 is 5.03. The van der Waals surface area contributed by atoms with Gasteiger partial charge >= 0.3 is 0 Å². The van der Waals surface area contributed by atoms with Crippen molar-refractivity contribution in [2.75, 3.05) is 7.11 Å². The molecule has 0 aliphatic carbocycles. The number of hydroxylamine groups is 1. The monoisotopic (exact) mass is 245 g/mol. The second-order valence-electron chi connectivity index (χ2n) is 3.90. The van der Waals surface area contributed by atoms with Crippen molar-refractivity contribution < 1.29 is 15.1 Å². The zero-order chi connectivity index (χ0) is 13.0. The first-order valence-electron chi connectivity index (χ1n) is 5.57. The summed E-state index contributed by atoms with van der Waals surface area (Å²) in [6, 6.07) is 13.9. The molecule has 0 bridgehead atoms. The van der Waals surface area contributed by atoms with Gasteiger partial charge in [0.05, 0.1) is 13.2 Å². The van der Waals surface area contributed by atoms with E-state index in [0.717, 1.165) is 5.56 Å². The predicted molar refractivity (Wildman–Crippen MR) is 67.9 cm³/mol. The van der Waals surface area contributed by atoms with Gasteiger partial charge in [-0.1, -0.05) is 30.3 Å². The highest BCUT2D eigenvalue weighted by molar-refractivity contribution is 5.44. The molecule has 0 saturated carbocycles. The molecule has 0 aliphatic rings. The van der Waals surface area contributed by atoms with E-state index in [1.165, 1.54) is 13.2 Å². The van der Waals surface area contributed by atoms with Crippen molar-refractivity contribution in [1.29, 1.82) is 0 Å². The molecule has 0 fully saturated rings. The van der Waals surface area contributed by atoms with Crippen LogP contribution in [0.25, 0.3) is 0 Å². The van der Waals surface area contributed by atoms with Gasteiger partial charge < -0.3 is 15.1 Å². The lowest BCUT2D eigenvalue weighted by Crippen LogP contribution is -2.18. The largest absolute Gasteiger partial charge is 0.507 e. The summed E-state index contributed by atoms with van der Waals surface area (Å²) in [4.78, 5) is 0. The SMILES string of the molecule is COc1ccc(C(NO)c2ccccc2)c(O)c1. The van der Waals surface area contributed by atoms with Gasteiger partial charge in [0.2, 0.25) is 0 Å². The molecule has 0 aromatic heterocycles. The minimum Gasteiger partial charge on any atom is -0.507 e. The van der Waals surface area contributed by atoms with E-state index in [1.807, 2.05) is 30.3 Å². The van der Waals surface area contributed by atoms with Crippen molar-refractivity contribution in [2.24, 2.45) is 0 Å². The molecular formula is C14H15NO3. The lowest BCUT2D eigenvalue weighted by atomic mass is 9.98. The van der Waals surface area contributed by atoms with E-state index >= 15 is 0 Å². The highest BCUT2D eigenvalue weighted by Crippen LogP contribution is 2.31. The summed E-state index contributed by atoms with van der Waals surface area (Å²) in [5.41, 5.74) is 3.66. The molecule has 1 atom stereocenters. The van der Waals surface area contributed by atoms with Crippen LogP contribution in [0.3, 0.4) is 0 Å². The summed E-state index contributed by atoms with van der Waals surface area (Å²) >= 11 is 0. The third kappa shape index (κ3) is 2.45. The highest BCUT2D eigenvalue weighted by atomic mass is 16.5. The second-order valence-corrected chi connectivity index (χ2v) is 3.90. The van der Waals surface area contributed by atoms with Crippen LogP contribution in [0.4, 0.5) is 0 Å². The van der Waals surface area contributed by atoms with Gasteiger partial charge in [-0.05, 0) is 17.7 Å². The molecule has 2 aromatic carbocycles. The molecule has 0 heterocycles. The van der Waals surface area contributed by atoms with Gasteiger partial charge in [-0.3, -0.25) is 0 Å². The number of methoxy groups -OCH3 is 1. The van der Waals surface area contributed by atoms with E-state index in [2.05, 4.69) is 5.48 Å². The number of ether oxygens (including phenoxy) is 1. The Hall–Kier alpha value is -2.04. The number of nitrogens with one attached hydrogen (secondary N) is 1. The lowest BCUT2D eigenvalue weighted by Gasteiger charge is -2.17. The third-order valence-corrected chi connectivity index (χ3v) is 2.81. The second kappa shape index (κ2) is 5.53. The fourth-order valence-electron chi connectivity index (χ4n) is 1.86. The molecule has 0 saturated heterocycles. The average molecular weight is 245 g/mol. The number of aromatic hydroxyl groups is 1. The van der Waals surface area contributed by atoms with E-state index in [9.17, 15) is 10.3 Å². The van der Waals surface area contributed by atoms with Crippen LogP contribution in [0.15, 0.2) is 48.5 Å². The molecule has 4 nitrogen and oxygen atoms in total. The maximum absolute atomic E-state index is 9.95. The predicted octanol–water partition coefficient (Wildman–Crippen LogP) is 2.47. The first-order chi connectivity index (χ1) is 8.76. The zero-order valence-corrected chi connectivity index (χ0v) is 10.00. The van der Waals surface area contributed by atoms with Crippen molar-refractivity contribution in [2.45, 2.75) is 6.04 Å². The molecular weight excluding hydrogens is 230 g/mol. The molecule has 0 spiro atoms. The normalized spacial score (nSPS) is 12.1. The molecule has 0 aliphatic heterocycles. The van der Waals surface area contributed by atoms with Crippen molar-refractivity contribution in [3.8, 4) is 11.5 Å². The Morgan fingerprint density at radius 3 is 2.39 bits per heavy atom. The number of hydrogen-bond donors (Lipinski definition) is 3. The fraction of sp³-hybridized carbons (Fsp3) is 0.143. The Kier molecular flexibility index (Phi) is 3.82. The third-order valence-electron chi connectivity index (χ3n) is 2.81. The van der Waals surface area contributed by atoms with Gasteiger partial charge in [0.1, 0.15) is 11.5 Å². The van der Waals surface area contributed by atoms with Gasteiger partial charge in [0.15, 0.2) is 0 Å². The zero-order valence-electron chi connectivity index (χ0n) is 10.00. The standard InChI is InChI=1S/C14H15NO3/c1-18-11-7-8-12(13(16)9-11)14(15-17)10-5-3-2-4-6-10/h2-9,14-17H,1H3. The van der Waals surface area contributed by atoms with Crippen molar-refractivity contribution >= 4 is 0 Å². The molecule has 94 valence electrons. The van der Waals surface area contributed by atoms with Crippen LogP contribution in [-0.2, 0) is 0 Å². The van der Waals surface area contributed by atoms with Crippen molar-refractivity contribution in [1.82, 2.24) is 5.48 Å². The minimum absolute atomic E-state index is 0.0738. The first kappa shape index (κ1) is 12.4. The Morgan fingerprint density at radius 1 is 1.11 bits per heavy atom. The van der Waals surface area contributed by atoms with Crippen LogP contribution in [0, 0.1) is 0 Å². The van der Waals surface area contributed by atoms with Gasteiger partial charge in [-0.2, -0.15) is 5.48 Å². The summed E-state index contributed by atoms with van der Waals surface area (Å²) in [6.07, 6.45) is 0. The topological polar surface area (TPSA) is 61.7 Å². The Labute approximate surface area is 105 Å². The van der Waals surface area contributed by atoms with Crippen LogP contribution in [-0.4, -0.2) is 17.4 Å². The van der Waals surface area contributed by atoms with Crippen LogP contribution < -0.4 is 10.2 Å². The van der Waals surface area contributed by atoms with E-state index < -0.39 is 6.04 Å². The number of benzene rings is 2. The minimum atomic E-state index is -0.475. The summed E-state index contributed by atoms with van der Waals surface area (Å²) in [5, 5.41) is 19.2. The maximum atomic E-state index is 9.95. The van der Waals surface area contributed by atoms with Crippen molar-refractivity contribution in [3.63, 3.8) is 0 Å². The van der Waals surface area contributed by atoms with Crippen LogP contribution in [0.2, 0.25) is 0 Å². The summed E-state index contributed by atoms with van der Waals surface area (Å²) in [5.74, 6) is 0.644. The van der Waals surface area contributed by atoms with E-state index in [-0.39, 0.29) is 5.75 Å². The fourth-order valence-corrected chi connectivity index (χ4v) is 1.86. The van der Waals surface area contributed by atoms with Gasteiger partial charge in [-0.15, -0.1) is 0 Å². The first-order valence-corrected chi connectivity index (χ1v) is 5.57. The summed E-state index contributed by atoms with van der Waals surface area (Å²) in [6.45, 7) is 0. The molecule has 4 heteroatoms. The van der Waals surface area contributed by atoms with Crippen LogP contribution >= 0.6 is 0 Å². The molecule has 1 unspecified atom stereocenters. The maximum Gasteiger partial charge on any atom is 0.124 e. The quantitative estimate of drug-likeness (QED) is 0.724. The number of phenolic OH excluding ortho intramolecular Hbond substituents is 1. The molecule has 2 rings (SSSR count). The number of rotatable bonds is 4. The Balaban J connectivity index is 2.39. The van der Waals surface area contributed by atoms with Crippen LogP contribution in [0.5, 0.6) is 11.5 Å². The molecule has 0 amide bonds. The molecule has 2 aromatic rings. The number of hydrogen-bond acceptors (Lipinski definition) is 4. The Bertz CT molecular complexity index is 514. The highest BCUT2D eigenvalue weighted by Gasteiger charge is 2.16. The lowest BCUT2D eigenvalue weighted by molar-refractivity contribution is 0.140. The van der Waals surface area contributed by atoms with E-state index in [4.69, 9.17) is 4.74 Å². The Morgan fingerprint density at radius 2 is 1.83 bits per heavy atom. The number of phenols is 1. The van der Waals surface area contributed by atoms with Crippen LogP contribution in [0.1, 0.15) is 17.2 Å². The smallest absolute Gasteiger partial charge is 0.124 e. The molecule has 0 radical (unpaired) electrons. The molecule has 3 N–H and O–H groups in total. The van der Waals surface area contributed by atoms with Gasteiger partial charge in [0, 0.05) is 11.6 Å². The van der Waals surface area contributed by atoms with Gasteiger partial charge in [0.25, 0.3) is 0 Å². The van der Waals surface area contributed by atoms with E-state index in [1.54, 1.807) is 12.1 Å².